The highest BCUT2D eigenvalue weighted by atomic mass is 16.1. The summed E-state index contributed by atoms with van der Waals surface area (Å²) in [4.78, 5) is 12.5. The minimum atomic E-state index is 0.0464. The van der Waals surface area contributed by atoms with E-state index in [1.54, 1.807) is 0 Å². The molecule has 1 unspecified atom stereocenters. The van der Waals surface area contributed by atoms with Crippen LogP contribution in [0.3, 0.4) is 0 Å². The van der Waals surface area contributed by atoms with Crippen molar-refractivity contribution < 1.29 is 4.79 Å². The van der Waals surface area contributed by atoms with Crippen molar-refractivity contribution in [2.75, 3.05) is 23.7 Å². The molecule has 21 heavy (non-hydrogen) atoms. The molecule has 0 radical (unpaired) electrons. The van der Waals surface area contributed by atoms with E-state index in [0.717, 1.165) is 36.4 Å². The normalized spacial score (nSPS) is 23.4. The van der Waals surface area contributed by atoms with Gasteiger partial charge in [0.25, 0.3) is 5.91 Å². The van der Waals surface area contributed by atoms with Crippen LogP contribution in [0.15, 0.2) is 18.2 Å². The molecule has 1 atom stereocenters. The lowest BCUT2D eigenvalue weighted by Crippen LogP contribution is -2.46. The van der Waals surface area contributed by atoms with E-state index in [2.05, 4.69) is 29.8 Å². The zero-order valence-electron chi connectivity index (χ0n) is 13.0. The number of carbonyl (C=O) groups is 1. The topological polar surface area (TPSA) is 53.2 Å². The summed E-state index contributed by atoms with van der Waals surface area (Å²) in [6.07, 6.45) is 4.76. The third-order valence-electron chi connectivity index (χ3n) is 4.85. The molecule has 0 aromatic heterocycles. The van der Waals surface area contributed by atoms with Gasteiger partial charge in [-0.25, -0.2) is 0 Å². The lowest BCUT2D eigenvalue weighted by Gasteiger charge is -2.39. The fourth-order valence-corrected chi connectivity index (χ4v) is 3.38. The van der Waals surface area contributed by atoms with Gasteiger partial charge in [-0.1, -0.05) is 26.7 Å². The van der Waals surface area contributed by atoms with Crippen LogP contribution in [0.25, 0.3) is 0 Å². The van der Waals surface area contributed by atoms with Gasteiger partial charge in [0.2, 0.25) is 0 Å². The molecule has 1 aliphatic heterocycles. The van der Waals surface area contributed by atoms with Crippen molar-refractivity contribution in [3.05, 3.63) is 23.8 Å². The Bertz CT molecular complexity index is 539. The number of hydrogen-bond acceptors (Lipinski definition) is 3. The quantitative estimate of drug-likeness (QED) is 0.783. The van der Waals surface area contributed by atoms with Crippen LogP contribution in [0.5, 0.6) is 0 Å². The molecule has 4 nitrogen and oxygen atoms in total. The zero-order chi connectivity index (χ0) is 14.9. The first-order valence-corrected chi connectivity index (χ1v) is 7.99. The molecule has 1 saturated carbocycles. The smallest absolute Gasteiger partial charge is 0.251 e. The molecule has 0 saturated heterocycles. The molecule has 1 aromatic rings. The summed E-state index contributed by atoms with van der Waals surface area (Å²) in [5, 5.41) is 9.91. The Morgan fingerprint density at radius 1 is 1.19 bits per heavy atom. The van der Waals surface area contributed by atoms with Crippen LogP contribution < -0.4 is 16.0 Å². The average Bonchev–Trinajstić information content (AvgIpc) is 2.48. The van der Waals surface area contributed by atoms with Crippen LogP contribution in [0, 0.1) is 5.41 Å². The van der Waals surface area contributed by atoms with Crippen LogP contribution in [0.2, 0.25) is 0 Å². The second kappa shape index (κ2) is 5.58. The van der Waals surface area contributed by atoms with Crippen molar-refractivity contribution >= 4 is 17.3 Å². The number of anilines is 2. The highest BCUT2D eigenvalue weighted by Gasteiger charge is 2.33. The van der Waals surface area contributed by atoms with E-state index in [-0.39, 0.29) is 17.4 Å². The minimum absolute atomic E-state index is 0.0464. The van der Waals surface area contributed by atoms with Crippen molar-refractivity contribution in [1.29, 1.82) is 0 Å². The van der Waals surface area contributed by atoms with Gasteiger partial charge in [-0.05, 0) is 36.5 Å². The largest absolute Gasteiger partial charge is 0.382 e. The van der Waals surface area contributed by atoms with E-state index >= 15 is 0 Å². The molecule has 0 spiro atoms. The highest BCUT2D eigenvalue weighted by Crippen LogP contribution is 2.35. The Hall–Kier alpha value is -1.71. The lowest BCUT2D eigenvalue weighted by atomic mass is 9.73. The molecule has 1 heterocycles. The van der Waals surface area contributed by atoms with E-state index in [4.69, 9.17) is 0 Å². The summed E-state index contributed by atoms with van der Waals surface area (Å²) in [6, 6.07) is 6.12. The number of amides is 1. The van der Waals surface area contributed by atoms with Gasteiger partial charge in [0.1, 0.15) is 0 Å². The first-order valence-electron chi connectivity index (χ1n) is 7.99. The number of carbonyl (C=O) groups excluding carboxylic acids is 1. The van der Waals surface area contributed by atoms with Crippen molar-refractivity contribution in [2.24, 2.45) is 5.41 Å². The van der Waals surface area contributed by atoms with Crippen LogP contribution >= 0.6 is 0 Å². The number of nitrogens with one attached hydrogen (secondary N) is 3. The molecular formula is C17H25N3O. The van der Waals surface area contributed by atoms with Gasteiger partial charge in [0, 0.05) is 24.7 Å². The van der Waals surface area contributed by atoms with Crippen molar-refractivity contribution in [3.63, 3.8) is 0 Å². The maximum Gasteiger partial charge on any atom is 0.251 e. The molecule has 1 aromatic carbocycles. The molecule has 1 amide bonds. The maximum absolute atomic E-state index is 12.5. The van der Waals surface area contributed by atoms with Crippen molar-refractivity contribution in [1.82, 2.24) is 5.32 Å². The molecule has 3 N–H and O–H groups in total. The third kappa shape index (κ3) is 2.99. The lowest BCUT2D eigenvalue weighted by molar-refractivity contribution is 0.0853. The van der Waals surface area contributed by atoms with Gasteiger partial charge in [0.15, 0.2) is 0 Å². The molecule has 114 valence electrons. The molecule has 0 bridgehead atoms. The summed E-state index contributed by atoms with van der Waals surface area (Å²) in [6.45, 7) is 6.34. The second-order valence-electron chi connectivity index (χ2n) is 6.87. The SMILES string of the molecule is CC1(C)CCCCC1NC(=O)c1ccc2c(c1)NCCN2. The van der Waals surface area contributed by atoms with Gasteiger partial charge in [0.05, 0.1) is 11.4 Å². The monoisotopic (exact) mass is 287 g/mol. The predicted octanol–water partition coefficient (Wildman–Crippen LogP) is 3.22. The first-order chi connectivity index (χ1) is 10.1. The Labute approximate surface area is 126 Å². The highest BCUT2D eigenvalue weighted by molar-refractivity contribution is 5.96. The summed E-state index contributed by atoms with van der Waals surface area (Å²) in [7, 11) is 0. The minimum Gasteiger partial charge on any atom is -0.382 e. The summed E-state index contributed by atoms with van der Waals surface area (Å²) in [5.41, 5.74) is 3.04. The van der Waals surface area contributed by atoms with Crippen molar-refractivity contribution in [3.8, 4) is 0 Å². The maximum atomic E-state index is 12.5. The van der Waals surface area contributed by atoms with Gasteiger partial charge >= 0.3 is 0 Å². The van der Waals surface area contributed by atoms with E-state index < -0.39 is 0 Å². The second-order valence-corrected chi connectivity index (χ2v) is 6.87. The van der Waals surface area contributed by atoms with Crippen LogP contribution in [-0.4, -0.2) is 25.0 Å². The van der Waals surface area contributed by atoms with E-state index in [9.17, 15) is 4.79 Å². The van der Waals surface area contributed by atoms with Gasteiger partial charge < -0.3 is 16.0 Å². The summed E-state index contributed by atoms with van der Waals surface area (Å²) in [5.74, 6) is 0.0464. The van der Waals surface area contributed by atoms with Crippen molar-refractivity contribution in [2.45, 2.75) is 45.6 Å². The molecule has 1 fully saturated rings. The number of rotatable bonds is 2. The van der Waals surface area contributed by atoms with Crippen LogP contribution in [0.4, 0.5) is 11.4 Å². The molecule has 2 aliphatic rings. The third-order valence-corrected chi connectivity index (χ3v) is 4.85. The van der Waals surface area contributed by atoms with E-state index in [1.165, 1.54) is 19.3 Å². The van der Waals surface area contributed by atoms with Gasteiger partial charge in [-0.15, -0.1) is 0 Å². The fraction of sp³-hybridized carbons (Fsp3) is 0.588. The Balaban J connectivity index is 1.73. The Morgan fingerprint density at radius 3 is 2.71 bits per heavy atom. The van der Waals surface area contributed by atoms with E-state index in [1.807, 2.05) is 18.2 Å². The number of benzene rings is 1. The van der Waals surface area contributed by atoms with Crippen LogP contribution in [-0.2, 0) is 0 Å². The Kier molecular flexibility index (Phi) is 3.79. The van der Waals surface area contributed by atoms with Gasteiger partial charge in [-0.2, -0.15) is 0 Å². The average molecular weight is 287 g/mol. The molecule has 1 aliphatic carbocycles. The molecule has 3 rings (SSSR count). The molecule has 4 heteroatoms. The van der Waals surface area contributed by atoms with Gasteiger partial charge in [-0.3, -0.25) is 4.79 Å². The van der Waals surface area contributed by atoms with Crippen LogP contribution in [0.1, 0.15) is 49.9 Å². The summed E-state index contributed by atoms with van der Waals surface area (Å²) >= 11 is 0. The Morgan fingerprint density at radius 2 is 1.95 bits per heavy atom. The number of fused-ring (bicyclic) bond motifs is 1. The predicted molar refractivity (Wildman–Crippen MR) is 86.9 cm³/mol. The zero-order valence-corrected chi connectivity index (χ0v) is 13.0. The molecular weight excluding hydrogens is 262 g/mol. The van der Waals surface area contributed by atoms with E-state index in [0.29, 0.717) is 0 Å². The summed E-state index contributed by atoms with van der Waals surface area (Å²) < 4.78 is 0. The number of hydrogen-bond donors (Lipinski definition) is 3. The fourth-order valence-electron chi connectivity index (χ4n) is 3.38. The standard InChI is InChI=1S/C17H25N3O/c1-17(2)8-4-3-5-15(17)20-16(21)12-6-7-13-14(11-12)19-10-9-18-13/h6-7,11,15,18-19H,3-5,8-10H2,1-2H3,(H,20,21). The first kappa shape index (κ1) is 14.2.